The van der Waals surface area contributed by atoms with E-state index < -0.39 is 0 Å². The van der Waals surface area contributed by atoms with Gasteiger partial charge in [-0.3, -0.25) is 0 Å². The number of benzene rings is 1. The van der Waals surface area contributed by atoms with Crippen LogP contribution in [0.5, 0.6) is 0 Å². The molecule has 3 rings (SSSR count). The summed E-state index contributed by atoms with van der Waals surface area (Å²) in [5.41, 5.74) is 2.66. The average molecular weight is 225 g/mol. The summed E-state index contributed by atoms with van der Waals surface area (Å²) in [5, 5.41) is 2.71. The second-order valence-electron chi connectivity index (χ2n) is 4.34. The fourth-order valence-corrected chi connectivity index (χ4v) is 2.58. The number of pyridine rings is 1. The maximum atomic E-state index is 2.38. The van der Waals surface area contributed by atoms with Crippen molar-refractivity contribution in [3.63, 3.8) is 0 Å². The molecule has 2 heterocycles. The molecule has 3 aromatic rings. The predicted molar refractivity (Wildman–Crippen MR) is 71.0 cm³/mol. The standard InChI is InChI=1S/C15H17N2/c1-3-16-10-9-15-13(11-16)12-7-5-6-8-14(12)17(15)4-2/h5-11H,3-4H2,1-2H3/q+1. The van der Waals surface area contributed by atoms with Crippen molar-refractivity contribution in [2.24, 2.45) is 0 Å². The van der Waals surface area contributed by atoms with Gasteiger partial charge in [-0.05, 0) is 19.9 Å². The fourth-order valence-electron chi connectivity index (χ4n) is 2.58. The van der Waals surface area contributed by atoms with Crippen LogP contribution in [0.1, 0.15) is 13.8 Å². The Morgan fingerprint density at radius 3 is 2.53 bits per heavy atom. The molecule has 2 aromatic heterocycles. The molecule has 0 saturated carbocycles. The van der Waals surface area contributed by atoms with Crippen LogP contribution in [0.15, 0.2) is 42.7 Å². The molecule has 1 aromatic carbocycles. The van der Waals surface area contributed by atoms with Crippen LogP contribution in [0, 0.1) is 0 Å². The molecular weight excluding hydrogens is 208 g/mol. The lowest BCUT2D eigenvalue weighted by molar-refractivity contribution is -0.692. The van der Waals surface area contributed by atoms with Gasteiger partial charge in [0, 0.05) is 23.5 Å². The first-order valence-electron chi connectivity index (χ1n) is 6.25. The maximum absolute atomic E-state index is 2.38. The average Bonchev–Trinajstić information content (AvgIpc) is 2.71. The zero-order chi connectivity index (χ0) is 11.8. The van der Waals surface area contributed by atoms with Crippen molar-refractivity contribution >= 4 is 21.8 Å². The van der Waals surface area contributed by atoms with Crippen molar-refractivity contribution in [3.05, 3.63) is 42.7 Å². The SMILES string of the molecule is CCn1c2ccccc2c2c[n+](CC)ccc21. The highest BCUT2D eigenvalue weighted by atomic mass is 15.0. The van der Waals surface area contributed by atoms with E-state index in [1.165, 1.54) is 21.8 Å². The lowest BCUT2D eigenvalue weighted by Gasteiger charge is -2.01. The second-order valence-corrected chi connectivity index (χ2v) is 4.34. The van der Waals surface area contributed by atoms with Crippen LogP contribution in [-0.2, 0) is 13.1 Å². The van der Waals surface area contributed by atoms with E-state index in [2.05, 4.69) is 65.7 Å². The highest BCUT2D eigenvalue weighted by molar-refractivity contribution is 6.07. The van der Waals surface area contributed by atoms with Crippen LogP contribution in [-0.4, -0.2) is 4.57 Å². The van der Waals surface area contributed by atoms with E-state index in [0.29, 0.717) is 0 Å². The van der Waals surface area contributed by atoms with Crippen LogP contribution in [0.25, 0.3) is 21.8 Å². The van der Waals surface area contributed by atoms with Crippen molar-refractivity contribution in [1.82, 2.24) is 4.57 Å². The van der Waals surface area contributed by atoms with E-state index in [-0.39, 0.29) is 0 Å². The molecule has 0 aliphatic carbocycles. The van der Waals surface area contributed by atoms with Crippen LogP contribution >= 0.6 is 0 Å². The zero-order valence-corrected chi connectivity index (χ0v) is 10.4. The van der Waals surface area contributed by atoms with Crippen LogP contribution < -0.4 is 4.57 Å². The third-order valence-electron chi connectivity index (χ3n) is 3.45. The van der Waals surface area contributed by atoms with Gasteiger partial charge >= 0.3 is 0 Å². The lowest BCUT2D eigenvalue weighted by atomic mass is 10.2. The zero-order valence-electron chi connectivity index (χ0n) is 10.4. The summed E-state index contributed by atoms with van der Waals surface area (Å²) in [4.78, 5) is 0. The number of para-hydroxylation sites is 1. The quantitative estimate of drug-likeness (QED) is 0.592. The molecule has 0 saturated heterocycles. The first-order valence-corrected chi connectivity index (χ1v) is 6.25. The Kier molecular flexibility index (Phi) is 2.36. The van der Waals surface area contributed by atoms with Gasteiger partial charge in [0.15, 0.2) is 12.4 Å². The van der Waals surface area contributed by atoms with E-state index in [9.17, 15) is 0 Å². The molecule has 0 N–H and O–H groups in total. The third-order valence-corrected chi connectivity index (χ3v) is 3.45. The monoisotopic (exact) mass is 225 g/mol. The largest absolute Gasteiger partial charge is 0.340 e. The summed E-state index contributed by atoms with van der Waals surface area (Å²) in [6.45, 7) is 6.40. The van der Waals surface area contributed by atoms with Crippen molar-refractivity contribution in [3.8, 4) is 0 Å². The fraction of sp³-hybridized carbons (Fsp3) is 0.267. The molecule has 2 heteroatoms. The van der Waals surface area contributed by atoms with Gasteiger partial charge in [0.05, 0.1) is 10.9 Å². The number of fused-ring (bicyclic) bond motifs is 3. The van der Waals surface area contributed by atoms with E-state index in [1.807, 2.05) is 0 Å². The topological polar surface area (TPSA) is 8.81 Å². The molecule has 0 spiro atoms. The molecule has 0 fully saturated rings. The van der Waals surface area contributed by atoms with Gasteiger partial charge in [-0.2, -0.15) is 0 Å². The maximum Gasteiger partial charge on any atom is 0.178 e. The van der Waals surface area contributed by atoms with Crippen LogP contribution in [0.4, 0.5) is 0 Å². The van der Waals surface area contributed by atoms with E-state index in [4.69, 9.17) is 0 Å². The first kappa shape index (κ1) is 10.3. The molecule has 0 aliphatic heterocycles. The molecule has 0 aliphatic rings. The van der Waals surface area contributed by atoms with Gasteiger partial charge in [0.1, 0.15) is 6.54 Å². The van der Waals surface area contributed by atoms with Crippen molar-refractivity contribution in [2.75, 3.05) is 0 Å². The van der Waals surface area contributed by atoms with Gasteiger partial charge in [0.2, 0.25) is 0 Å². The second kappa shape index (κ2) is 3.88. The van der Waals surface area contributed by atoms with Gasteiger partial charge < -0.3 is 4.57 Å². The number of aromatic nitrogens is 2. The molecule has 0 radical (unpaired) electrons. The Morgan fingerprint density at radius 2 is 1.76 bits per heavy atom. The Bertz CT molecular complexity index is 680. The Labute approximate surface area is 101 Å². The summed E-state index contributed by atoms with van der Waals surface area (Å²) in [7, 11) is 0. The summed E-state index contributed by atoms with van der Waals surface area (Å²) >= 11 is 0. The Morgan fingerprint density at radius 1 is 1.00 bits per heavy atom. The molecule has 0 unspecified atom stereocenters. The van der Waals surface area contributed by atoms with Gasteiger partial charge in [-0.1, -0.05) is 18.2 Å². The molecule has 0 bridgehead atoms. The van der Waals surface area contributed by atoms with Crippen molar-refractivity contribution in [2.45, 2.75) is 26.9 Å². The minimum Gasteiger partial charge on any atom is -0.340 e. The lowest BCUT2D eigenvalue weighted by Crippen LogP contribution is -2.30. The summed E-state index contributed by atoms with van der Waals surface area (Å²) in [6.07, 6.45) is 4.41. The minimum atomic E-state index is 1.01. The normalized spacial score (nSPS) is 11.4. The van der Waals surface area contributed by atoms with Gasteiger partial charge in [-0.25, -0.2) is 4.57 Å². The number of hydrogen-bond acceptors (Lipinski definition) is 0. The Hall–Kier alpha value is -1.83. The minimum absolute atomic E-state index is 1.01. The van der Waals surface area contributed by atoms with Crippen molar-refractivity contribution < 1.29 is 4.57 Å². The Balaban J connectivity index is 2.49. The van der Waals surface area contributed by atoms with Gasteiger partial charge in [-0.15, -0.1) is 0 Å². The van der Waals surface area contributed by atoms with E-state index in [1.54, 1.807) is 0 Å². The van der Waals surface area contributed by atoms with E-state index >= 15 is 0 Å². The van der Waals surface area contributed by atoms with Crippen LogP contribution in [0.2, 0.25) is 0 Å². The summed E-state index contributed by atoms with van der Waals surface area (Å²) in [6, 6.07) is 10.9. The van der Waals surface area contributed by atoms with Crippen molar-refractivity contribution in [1.29, 1.82) is 0 Å². The number of aryl methyl sites for hydroxylation is 2. The number of hydrogen-bond donors (Lipinski definition) is 0. The third kappa shape index (κ3) is 1.44. The molecule has 86 valence electrons. The molecule has 0 atom stereocenters. The molecule has 17 heavy (non-hydrogen) atoms. The summed E-state index contributed by atoms with van der Waals surface area (Å²) in [5.74, 6) is 0. The van der Waals surface area contributed by atoms with Crippen LogP contribution in [0.3, 0.4) is 0 Å². The predicted octanol–water partition coefficient (Wildman–Crippen LogP) is 3.12. The molecule has 0 amide bonds. The molecule has 2 nitrogen and oxygen atoms in total. The number of rotatable bonds is 2. The smallest absolute Gasteiger partial charge is 0.178 e. The summed E-state index contributed by atoms with van der Waals surface area (Å²) < 4.78 is 4.61. The highest BCUT2D eigenvalue weighted by Gasteiger charge is 2.11. The highest BCUT2D eigenvalue weighted by Crippen LogP contribution is 2.27. The molecular formula is C15H17N2+. The van der Waals surface area contributed by atoms with E-state index in [0.717, 1.165) is 13.1 Å². The first-order chi connectivity index (χ1) is 8.35. The van der Waals surface area contributed by atoms with Gasteiger partial charge in [0.25, 0.3) is 0 Å². The number of nitrogens with zero attached hydrogens (tertiary/aromatic N) is 2.